The number of benzene rings is 2. The molecule has 0 radical (unpaired) electrons. The summed E-state index contributed by atoms with van der Waals surface area (Å²) in [5.41, 5.74) is 2.54. The normalized spacial score (nSPS) is 10.8. The Morgan fingerprint density at radius 3 is 1.31 bits per heavy atom. The molecule has 0 saturated heterocycles. The largest absolute Gasteiger partial charge is 0.0859 e. The smallest absolute Gasteiger partial charge is 0.0524 e. The van der Waals surface area contributed by atoms with E-state index in [-0.39, 0.29) is 0 Å². The van der Waals surface area contributed by atoms with Crippen molar-refractivity contribution in [2.24, 2.45) is 0 Å². The van der Waals surface area contributed by atoms with Crippen LogP contribution in [0.15, 0.2) is 48.5 Å². The summed E-state index contributed by atoms with van der Waals surface area (Å²) < 4.78 is 0. The van der Waals surface area contributed by atoms with Crippen LogP contribution in [0.1, 0.15) is 11.1 Å². The third kappa shape index (κ3) is 2.64. The van der Waals surface area contributed by atoms with Crippen LogP contribution in [0.25, 0.3) is 0 Å². The lowest BCUT2D eigenvalue weighted by Crippen LogP contribution is -2.07. The summed E-state index contributed by atoms with van der Waals surface area (Å²) in [7, 11) is -0.723. The van der Waals surface area contributed by atoms with Crippen LogP contribution in [0.5, 0.6) is 0 Å². The Balaban J connectivity index is 2.28. The van der Waals surface area contributed by atoms with Crippen LogP contribution in [0.2, 0.25) is 0 Å². The Kier molecular flexibility index (Phi) is 3.63. The Morgan fingerprint density at radius 2 is 1.00 bits per heavy atom. The molecule has 2 heteroatoms. The van der Waals surface area contributed by atoms with E-state index in [0.717, 1.165) is 0 Å². The maximum absolute atomic E-state index is 6.50. The van der Waals surface area contributed by atoms with Crippen molar-refractivity contribution in [1.82, 2.24) is 0 Å². The molecule has 0 heterocycles. The van der Waals surface area contributed by atoms with Gasteiger partial charge in [-0.1, -0.05) is 70.9 Å². The second kappa shape index (κ2) is 4.99. The van der Waals surface area contributed by atoms with Gasteiger partial charge in [0.25, 0.3) is 0 Å². The Morgan fingerprint density at radius 1 is 0.688 bits per heavy atom. The standard InChI is InChI=1S/C14H14ClP/c1-11-3-7-13(8-4-11)16(15)14-9-5-12(2)6-10-14/h3-10H,1-2H3. The van der Waals surface area contributed by atoms with Gasteiger partial charge in [-0.3, -0.25) is 0 Å². The van der Waals surface area contributed by atoms with Gasteiger partial charge in [0.1, 0.15) is 0 Å². The summed E-state index contributed by atoms with van der Waals surface area (Å²) in [5.74, 6) is 0. The fourth-order valence-corrected chi connectivity index (χ4v) is 3.30. The van der Waals surface area contributed by atoms with Crippen LogP contribution in [0, 0.1) is 13.8 Å². The molecule has 0 N–H and O–H groups in total. The second-order valence-corrected chi connectivity index (χ2v) is 6.56. The number of aryl methyl sites for hydroxylation is 2. The zero-order chi connectivity index (χ0) is 11.5. The molecule has 2 aromatic carbocycles. The maximum atomic E-state index is 6.50. The maximum Gasteiger partial charge on any atom is 0.0524 e. The van der Waals surface area contributed by atoms with E-state index in [1.54, 1.807) is 0 Å². The lowest BCUT2D eigenvalue weighted by Gasteiger charge is -2.10. The van der Waals surface area contributed by atoms with Gasteiger partial charge in [0, 0.05) is 0 Å². The van der Waals surface area contributed by atoms with Crippen molar-refractivity contribution in [2.45, 2.75) is 13.8 Å². The first-order chi connectivity index (χ1) is 7.66. The third-order valence-corrected chi connectivity index (χ3v) is 5.20. The van der Waals surface area contributed by atoms with Gasteiger partial charge in [0.2, 0.25) is 0 Å². The van der Waals surface area contributed by atoms with Crippen molar-refractivity contribution in [3.05, 3.63) is 59.7 Å². The quantitative estimate of drug-likeness (QED) is 0.708. The first-order valence-electron chi connectivity index (χ1n) is 5.26. The highest BCUT2D eigenvalue weighted by Gasteiger charge is 2.09. The molecule has 0 fully saturated rings. The van der Waals surface area contributed by atoms with Crippen molar-refractivity contribution in [3.8, 4) is 0 Å². The Hall–Kier alpha value is -0.840. The zero-order valence-electron chi connectivity index (χ0n) is 9.44. The van der Waals surface area contributed by atoms with Gasteiger partial charge in [0.15, 0.2) is 0 Å². The molecule has 2 rings (SSSR count). The SMILES string of the molecule is Cc1ccc(P(Cl)c2ccc(C)cc2)cc1. The molecule has 0 unspecified atom stereocenters. The van der Waals surface area contributed by atoms with Crippen LogP contribution >= 0.6 is 18.5 Å². The fourth-order valence-electron chi connectivity index (χ4n) is 1.50. The second-order valence-electron chi connectivity index (χ2n) is 3.95. The number of halogens is 1. The van der Waals surface area contributed by atoms with Gasteiger partial charge in [-0.15, -0.1) is 0 Å². The molecule has 82 valence electrons. The van der Waals surface area contributed by atoms with Gasteiger partial charge >= 0.3 is 0 Å². The minimum atomic E-state index is -0.723. The van der Waals surface area contributed by atoms with Crippen LogP contribution < -0.4 is 10.6 Å². The van der Waals surface area contributed by atoms with Gasteiger partial charge in [-0.25, -0.2) is 0 Å². The molecule has 0 aliphatic carbocycles. The molecule has 0 atom stereocenters. The van der Waals surface area contributed by atoms with E-state index in [4.69, 9.17) is 11.2 Å². The lowest BCUT2D eigenvalue weighted by molar-refractivity contribution is 1.49. The molecular weight excluding hydrogens is 235 g/mol. The lowest BCUT2D eigenvalue weighted by atomic mass is 10.2. The number of hydrogen-bond acceptors (Lipinski definition) is 0. The van der Waals surface area contributed by atoms with Crippen LogP contribution in [0.3, 0.4) is 0 Å². The Labute approximate surface area is 103 Å². The van der Waals surface area contributed by atoms with E-state index >= 15 is 0 Å². The van der Waals surface area contributed by atoms with Crippen molar-refractivity contribution in [1.29, 1.82) is 0 Å². The molecule has 0 aliphatic rings. The molecule has 0 bridgehead atoms. The van der Waals surface area contributed by atoms with Crippen molar-refractivity contribution in [3.63, 3.8) is 0 Å². The zero-order valence-corrected chi connectivity index (χ0v) is 11.1. The molecular formula is C14H14ClP. The summed E-state index contributed by atoms with van der Waals surface area (Å²) in [5, 5.41) is 2.43. The first kappa shape index (κ1) is 11.6. The van der Waals surface area contributed by atoms with Gasteiger partial charge in [-0.05, 0) is 24.5 Å². The third-order valence-electron chi connectivity index (χ3n) is 2.52. The highest BCUT2D eigenvalue weighted by molar-refractivity contribution is 7.95. The summed E-state index contributed by atoms with van der Waals surface area (Å²) in [6, 6.07) is 16.9. The van der Waals surface area contributed by atoms with E-state index in [1.807, 2.05) is 0 Å². The average Bonchev–Trinajstić information content (AvgIpc) is 2.30. The summed E-state index contributed by atoms with van der Waals surface area (Å²) in [4.78, 5) is 0. The minimum absolute atomic E-state index is 0.723. The predicted molar refractivity (Wildman–Crippen MR) is 74.4 cm³/mol. The molecule has 0 spiro atoms. The monoisotopic (exact) mass is 248 g/mol. The molecule has 0 aromatic heterocycles. The minimum Gasteiger partial charge on any atom is -0.0859 e. The van der Waals surface area contributed by atoms with E-state index < -0.39 is 7.27 Å². The van der Waals surface area contributed by atoms with E-state index in [0.29, 0.717) is 0 Å². The molecule has 0 amide bonds. The van der Waals surface area contributed by atoms with Gasteiger partial charge < -0.3 is 0 Å². The summed E-state index contributed by atoms with van der Waals surface area (Å²) in [6.07, 6.45) is 0. The molecule has 0 aliphatic heterocycles. The van der Waals surface area contributed by atoms with E-state index in [9.17, 15) is 0 Å². The van der Waals surface area contributed by atoms with Gasteiger partial charge in [-0.2, -0.15) is 0 Å². The van der Waals surface area contributed by atoms with Crippen molar-refractivity contribution < 1.29 is 0 Å². The van der Waals surface area contributed by atoms with Crippen molar-refractivity contribution >= 4 is 29.1 Å². The average molecular weight is 249 g/mol. The summed E-state index contributed by atoms with van der Waals surface area (Å²) in [6.45, 7) is 4.18. The van der Waals surface area contributed by atoms with Crippen LogP contribution in [0.4, 0.5) is 0 Å². The van der Waals surface area contributed by atoms with Crippen LogP contribution in [-0.2, 0) is 0 Å². The topological polar surface area (TPSA) is 0 Å². The summed E-state index contributed by atoms with van der Waals surface area (Å²) >= 11 is 6.50. The number of rotatable bonds is 2. The van der Waals surface area contributed by atoms with E-state index in [2.05, 4.69) is 62.4 Å². The van der Waals surface area contributed by atoms with E-state index in [1.165, 1.54) is 21.7 Å². The first-order valence-corrected chi connectivity index (χ1v) is 7.51. The van der Waals surface area contributed by atoms with Crippen molar-refractivity contribution in [2.75, 3.05) is 0 Å². The molecule has 2 aromatic rings. The molecule has 0 saturated carbocycles. The van der Waals surface area contributed by atoms with Crippen LogP contribution in [-0.4, -0.2) is 0 Å². The predicted octanol–water partition coefficient (Wildman–Crippen LogP) is 3.89. The number of hydrogen-bond donors (Lipinski definition) is 0. The highest BCUT2D eigenvalue weighted by Crippen LogP contribution is 2.38. The highest BCUT2D eigenvalue weighted by atomic mass is 35.7. The molecule has 16 heavy (non-hydrogen) atoms. The molecule has 0 nitrogen and oxygen atoms in total. The van der Waals surface area contributed by atoms with Gasteiger partial charge in [0.05, 0.1) is 7.27 Å². The Bertz CT molecular complexity index is 414. The fraction of sp³-hybridized carbons (Fsp3) is 0.143.